The molecule has 0 radical (unpaired) electrons. The van der Waals surface area contributed by atoms with Gasteiger partial charge < -0.3 is 10.6 Å². The van der Waals surface area contributed by atoms with Gasteiger partial charge in [0.2, 0.25) is 5.95 Å². The minimum Gasteiger partial charge on any atom is -0.360 e. The minimum absolute atomic E-state index is 0.114. The molecule has 1 aromatic heterocycles. The van der Waals surface area contributed by atoms with E-state index < -0.39 is 12.7 Å². The van der Waals surface area contributed by atoms with Gasteiger partial charge in [0.1, 0.15) is 12.4 Å². The summed E-state index contributed by atoms with van der Waals surface area (Å²) in [7, 11) is 0. The highest BCUT2D eigenvalue weighted by Gasteiger charge is 2.27. The number of nitrogens with zero attached hydrogens (tertiary/aromatic N) is 2. The normalized spacial score (nSPS) is 11.3. The van der Waals surface area contributed by atoms with Gasteiger partial charge in [-0.1, -0.05) is 0 Å². The molecule has 0 atom stereocenters. The molecule has 0 aliphatic carbocycles. The molecule has 0 spiro atoms. The molecule has 2 N–H and O–H groups in total. The molecule has 90 valence electrons. The topological polar surface area (TPSA) is 49.8 Å². The molecule has 16 heavy (non-hydrogen) atoms. The largest absolute Gasteiger partial charge is 0.405 e. The van der Waals surface area contributed by atoms with E-state index in [-0.39, 0.29) is 11.8 Å². The first-order chi connectivity index (χ1) is 7.42. The molecule has 0 aromatic carbocycles. The molecule has 1 rings (SSSR count). The van der Waals surface area contributed by atoms with Crippen molar-refractivity contribution in [2.24, 2.45) is 0 Å². The molecule has 0 unspecified atom stereocenters. The van der Waals surface area contributed by atoms with Gasteiger partial charge in [0, 0.05) is 12.7 Å². The van der Waals surface area contributed by atoms with Crippen molar-refractivity contribution in [2.45, 2.75) is 13.1 Å². The van der Waals surface area contributed by atoms with Crippen LogP contribution in [0.2, 0.25) is 0 Å². The molecule has 0 fully saturated rings. The highest BCUT2D eigenvalue weighted by atomic mass is 79.9. The van der Waals surface area contributed by atoms with Gasteiger partial charge in [0.15, 0.2) is 0 Å². The molecule has 0 saturated carbocycles. The Labute approximate surface area is 98.8 Å². The van der Waals surface area contributed by atoms with E-state index in [1.165, 1.54) is 6.20 Å². The van der Waals surface area contributed by atoms with Crippen LogP contribution < -0.4 is 10.6 Å². The third-order valence-corrected chi connectivity index (χ3v) is 2.12. The van der Waals surface area contributed by atoms with E-state index in [2.05, 4.69) is 36.5 Å². The molecule has 0 bridgehead atoms. The van der Waals surface area contributed by atoms with E-state index >= 15 is 0 Å². The van der Waals surface area contributed by atoms with Crippen LogP contribution in [0.5, 0.6) is 0 Å². The maximum absolute atomic E-state index is 12.0. The van der Waals surface area contributed by atoms with Gasteiger partial charge in [-0.05, 0) is 22.9 Å². The SMILES string of the molecule is CCNc1ncc(Br)c(NCC(F)(F)F)n1. The zero-order valence-electron chi connectivity index (χ0n) is 8.40. The third-order valence-electron chi connectivity index (χ3n) is 1.54. The molecule has 0 aliphatic rings. The van der Waals surface area contributed by atoms with Crippen LogP contribution in [0.15, 0.2) is 10.7 Å². The van der Waals surface area contributed by atoms with E-state index in [4.69, 9.17) is 0 Å². The molecule has 1 aromatic rings. The summed E-state index contributed by atoms with van der Waals surface area (Å²) in [5, 5.41) is 5.00. The zero-order chi connectivity index (χ0) is 12.2. The Balaban J connectivity index is 2.74. The van der Waals surface area contributed by atoms with Crippen molar-refractivity contribution in [1.29, 1.82) is 0 Å². The minimum atomic E-state index is -4.28. The number of hydrogen-bond acceptors (Lipinski definition) is 4. The highest BCUT2D eigenvalue weighted by molar-refractivity contribution is 9.10. The van der Waals surface area contributed by atoms with Crippen LogP contribution in [-0.4, -0.2) is 29.2 Å². The van der Waals surface area contributed by atoms with Crippen molar-refractivity contribution in [3.63, 3.8) is 0 Å². The first-order valence-electron chi connectivity index (χ1n) is 4.49. The fraction of sp³-hybridized carbons (Fsp3) is 0.500. The van der Waals surface area contributed by atoms with Gasteiger partial charge in [-0.3, -0.25) is 0 Å². The monoisotopic (exact) mass is 298 g/mol. The first kappa shape index (κ1) is 13.0. The van der Waals surface area contributed by atoms with Gasteiger partial charge in [0.25, 0.3) is 0 Å². The van der Waals surface area contributed by atoms with Crippen LogP contribution in [0, 0.1) is 0 Å². The smallest absolute Gasteiger partial charge is 0.360 e. The molecule has 4 nitrogen and oxygen atoms in total. The molecule has 0 saturated heterocycles. The van der Waals surface area contributed by atoms with E-state index in [0.717, 1.165) is 0 Å². The summed E-state index contributed by atoms with van der Waals surface area (Å²) in [5.74, 6) is 0.402. The summed E-state index contributed by atoms with van der Waals surface area (Å²) in [5.41, 5.74) is 0. The lowest BCUT2D eigenvalue weighted by Gasteiger charge is -2.11. The number of halogens is 4. The van der Waals surface area contributed by atoms with Crippen LogP contribution in [0.3, 0.4) is 0 Å². The van der Waals surface area contributed by atoms with E-state index in [1.54, 1.807) is 0 Å². The predicted molar refractivity (Wildman–Crippen MR) is 58.4 cm³/mol. The van der Waals surface area contributed by atoms with Crippen molar-refractivity contribution in [3.05, 3.63) is 10.7 Å². The number of anilines is 2. The second-order valence-electron chi connectivity index (χ2n) is 2.89. The maximum Gasteiger partial charge on any atom is 0.405 e. The summed E-state index contributed by atoms with van der Waals surface area (Å²) in [6.45, 7) is 1.31. The Morgan fingerprint density at radius 1 is 1.38 bits per heavy atom. The molecule has 1 heterocycles. The lowest BCUT2D eigenvalue weighted by molar-refractivity contribution is -0.115. The van der Waals surface area contributed by atoms with Gasteiger partial charge >= 0.3 is 6.18 Å². The van der Waals surface area contributed by atoms with Crippen molar-refractivity contribution in [1.82, 2.24) is 9.97 Å². The zero-order valence-corrected chi connectivity index (χ0v) is 9.98. The Hall–Kier alpha value is -1.05. The van der Waals surface area contributed by atoms with Crippen LogP contribution in [0.25, 0.3) is 0 Å². The Morgan fingerprint density at radius 3 is 2.62 bits per heavy atom. The predicted octanol–water partition coefficient (Wildman–Crippen LogP) is 2.65. The summed E-state index contributed by atoms with van der Waals surface area (Å²) >= 11 is 3.07. The second-order valence-corrected chi connectivity index (χ2v) is 3.74. The Morgan fingerprint density at radius 2 is 2.06 bits per heavy atom. The lowest BCUT2D eigenvalue weighted by Crippen LogP contribution is -2.22. The Kier molecular flexibility index (Phi) is 4.34. The van der Waals surface area contributed by atoms with Gasteiger partial charge in [0.05, 0.1) is 4.47 Å². The van der Waals surface area contributed by atoms with Crippen LogP contribution in [0.1, 0.15) is 6.92 Å². The summed E-state index contributed by atoms with van der Waals surface area (Å²) in [6, 6.07) is 0. The van der Waals surface area contributed by atoms with Crippen molar-refractivity contribution < 1.29 is 13.2 Å². The number of rotatable bonds is 4. The fourth-order valence-corrected chi connectivity index (χ4v) is 1.25. The molecular weight excluding hydrogens is 289 g/mol. The number of alkyl halides is 3. The molecule has 0 aliphatic heterocycles. The van der Waals surface area contributed by atoms with E-state index in [0.29, 0.717) is 11.0 Å². The van der Waals surface area contributed by atoms with Crippen molar-refractivity contribution in [2.75, 3.05) is 23.7 Å². The van der Waals surface area contributed by atoms with Crippen LogP contribution in [-0.2, 0) is 0 Å². The maximum atomic E-state index is 12.0. The van der Waals surface area contributed by atoms with Gasteiger partial charge in [-0.25, -0.2) is 4.98 Å². The summed E-state index contributed by atoms with van der Waals surface area (Å²) in [6.07, 6.45) is -2.88. The summed E-state index contributed by atoms with van der Waals surface area (Å²) in [4.78, 5) is 7.77. The average Bonchev–Trinajstić information content (AvgIpc) is 2.18. The van der Waals surface area contributed by atoms with Crippen molar-refractivity contribution >= 4 is 27.7 Å². The van der Waals surface area contributed by atoms with Crippen molar-refractivity contribution in [3.8, 4) is 0 Å². The Bertz CT molecular complexity index is 356. The van der Waals surface area contributed by atoms with E-state index in [1.807, 2.05) is 6.92 Å². The lowest BCUT2D eigenvalue weighted by atomic mass is 10.5. The fourth-order valence-electron chi connectivity index (χ4n) is 0.918. The molecule has 8 heteroatoms. The van der Waals surface area contributed by atoms with Crippen LogP contribution in [0.4, 0.5) is 24.9 Å². The average molecular weight is 299 g/mol. The third kappa shape index (κ3) is 4.21. The van der Waals surface area contributed by atoms with E-state index in [9.17, 15) is 13.2 Å². The van der Waals surface area contributed by atoms with Crippen LogP contribution >= 0.6 is 15.9 Å². The first-order valence-corrected chi connectivity index (χ1v) is 5.28. The summed E-state index contributed by atoms with van der Waals surface area (Å²) < 4.78 is 36.3. The second kappa shape index (κ2) is 5.33. The number of aromatic nitrogens is 2. The van der Waals surface area contributed by atoms with Gasteiger partial charge in [-0.15, -0.1) is 0 Å². The number of hydrogen-bond donors (Lipinski definition) is 2. The molecule has 0 amide bonds. The highest BCUT2D eigenvalue weighted by Crippen LogP contribution is 2.22. The standard InChI is InChI=1S/C8H10BrF3N4/c1-2-13-7-14-3-5(9)6(16-7)15-4-8(10,11)12/h3H,2,4H2,1H3,(H2,13,14,15,16). The quantitative estimate of drug-likeness (QED) is 0.897. The molecular formula is C8H10BrF3N4. The van der Waals surface area contributed by atoms with Gasteiger partial charge in [-0.2, -0.15) is 18.2 Å². The number of nitrogens with one attached hydrogen (secondary N) is 2.